The van der Waals surface area contributed by atoms with Gasteiger partial charge >= 0.3 is 17.6 Å². The lowest BCUT2D eigenvalue weighted by Crippen LogP contribution is -2.41. The molecule has 9 heteroatoms. The maximum Gasteiger partial charge on any atom is 0.495 e. The van der Waals surface area contributed by atoms with Crippen LogP contribution in [0.5, 0.6) is 5.75 Å². The number of halogens is 1. The summed E-state index contributed by atoms with van der Waals surface area (Å²) in [6.07, 6.45) is 0. The third-order valence-corrected chi connectivity index (χ3v) is 5.91. The summed E-state index contributed by atoms with van der Waals surface area (Å²) in [5, 5.41) is 0. The van der Waals surface area contributed by atoms with Crippen LogP contribution in [0.1, 0.15) is 49.9 Å². The molecule has 5 nitrogen and oxygen atoms in total. The van der Waals surface area contributed by atoms with E-state index in [1.807, 2.05) is 34.6 Å². The fourth-order valence-electron chi connectivity index (χ4n) is 3.04. The van der Waals surface area contributed by atoms with Gasteiger partial charge in [0.1, 0.15) is 0 Å². The molecule has 0 N–H and O–H groups in total. The second-order valence-corrected chi connectivity index (χ2v) is 8.59. The van der Waals surface area contributed by atoms with Crippen molar-refractivity contribution in [3.63, 3.8) is 0 Å². The van der Waals surface area contributed by atoms with E-state index in [1.165, 1.54) is 0 Å². The zero-order valence-corrected chi connectivity index (χ0v) is 17.3. The quantitative estimate of drug-likeness (QED) is 0.487. The molecule has 0 amide bonds. The summed E-state index contributed by atoms with van der Waals surface area (Å²) in [5.41, 5.74) is 2.16. The van der Waals surface area contributed by atoms with Gasteiger partial charge in [-0.15, -0.1) is 0 Å². The van der Waals surface area contributed by atoms with E-state index in [9.17, 15) is 12.3 Å². The Hall–Kier alpha value is -0.765. The van der Waals surface area contributed by atoms with Crippen molar-refractivity contribution in [2.45, 2.75) is 65.4 Å². The third-order valence-electron chi connectivity index (χ3n) is 5.22. The Morgan fingerprint density at radius 1 is 1.04 bits per heavy atom. The zero-order valence-electron chi connectivity index (χ0n) is 15.6. The van der Waals surface area contributed by atoms with Crippen LogP contribution in [0.15, 0.2) is 0 Å². The number of thiol groups is 1. The Kier molecular flexibility index (Phi) is 5.29. The van der Waals surface area contributed by atoms with Crippen molar-refractivity contribution in [1.29, 1.82) is 0 Å². The lowest BCUT2D eigenvalue weighted by molar-refractivity contribution is 0.00578. The minimum Gasteiger partial charge on any atom is -0.399 e. The SMILES string of the molecule is Cc1c(CS)c(C)c(B2OC(C)(C)C(C)(C)O2)c(C)c1OS(=O)(=O)F. The smallest absolute Gasteiger partial charge is 0.399 e. The van der Waals surface area contributed by atoms with E-state index in [0.717, 1.165) is 11.1 Å². The van der Waals surface area contributed by atoms with Gasteiger partial charge < -0.3 is 13.5 Å². The lowest BCUT2D eigenvalue weighted by atomic mass is 9.71. The van der Waals surface area contributed by atoms with Crippen molar-refractivity contribution in [1.82, 2.24) is 0 Å². The topological polar surface area (TPSA) is 61.8 Å². The van der Waals surface area contributed by atoms with Gasteiger partial charge in [0.25, 0.3) is 0 Å². The van der Waals surface area contributed by atoms with Crippen LogP contribution in [0.3, 0.4) is 0 Å². The van der Waals surface area contributed by atoms with Crippen molar-refractivity contribution in [3.8, 4) is 5.75 Å². The molecule has 0 aliphatic carbocycles. The summed E-state index contributed by atoms with van der Waals surface area (Å²) in [4.78, 5) is 0. The molecule has 0 atom stereocenters. The minimum absolute atomic E-state index is 0.0399. The van der Waals surface area contributed by atoms with E-state index in [0.29, 0.717) is 22.3 Å². The maximum atomic E-state index is 13.2. The van der Waals surface area contributed by atoms with Crippen LogP contribution in [-0.4, -0.2) is 26.7 Å². The largest absolute Gasteiger partial charge is 0.495 e. The summed E-state index contributed by atoms with van der Waals surface area (Å²) in [6.45, 7) is 12.9. The normalized spacial score (nSPS) is 19.3. The van der Waals surface area contributed by atoms with Crippen LogP contribution in [0.25, 0.3) is 0 Å². The van der Waals surface area contributed by atoms with Crippen LogP contribution in [0.2, 0.25) is 0 Å². The highest BCUT2D eigenvalue weighted by molar-refractivity contribution is 7.81. The molecule has 1 fully saturated rings. The molecular formula is C16H24BFO5S2. The molecule has 1 aromatic carbocycles. The van der Waals surface area contributed by atoms with Gasteiger partial charge in [-0.1, -0.05) is 3.89 Å². The predicted molar refractivity (Wildman–Crippen MR) is 99.7 cm³/mol. The number of rotatable bonds is 4. The highest BCUT2D eigenvalue weighted by atomic mass is 32.3. The second-order valence-electron chi connectivity index (χ2n) is 7.32. The fourth-order valence-corrected chi connectivity index (χ4v) is 3.97. The Bertz CT molecular complexity index is 789. The first-order chi connectivity index (χ1) is 11.2. The standard InChI is InChI=1S/C16H24BFO5S2/c1-9-12(8-24)10(2)14(21-25(18,19)20)11(3)13(9)17-22-15(4,5)16(6,7)23-17/h24H,8H2,1-7H3. The van der Waals surface area contributed by atoms with Crippen LogP contribution in [0.4, 0.5) is 3.89 Å². The Morgan fingerprint density at radius 2 is 1.52 bits per heavy atom. The molecule has 0 spiro atoms. The van der Waals surface area contributed by atoms with E-state index in [4.69, 9.17) is 9.31 Å². The Balaban J connectivity index is 2.69. The highest BCUT2D eigenvalue weighted by Gasteiger charge is 2.53. The van der Waals surface area contributed by atoms with Crippen molar-refractivity contribution < 1.29 is 25.8 Å². The van der Waals surface area contributed by atoms with Crippen LogP contribution in [0, 0.1) is 20.8 Å². The van der Waals surface area contributed by atoms with Crippen molar-refractivity contribution in [2.75, 3.05) is 0 Å². The summed E-state index contributed by atoms with van der Waals surface area (Å²) in [7, 11) is -5.87. The molecule has 1 aromatic rings. The van der Waals surface area contributed by atoms with Gasteiger partial charge in [-0.3, -0.25) is 0 Å². The molecule has 1 saturated heterocycles. The zero-order chi connectivity index (χ0) is 19.4. The Morgan fingerprint density at radius 3 is 1.92 bits per heavy atom. The molecule has 1 aliphatic rings. The van der Waals surface area contributed by atoms with Crippen molar-refractivity contribution in [3.05, 3.63) is 22.3 Å². The molecule has 0 unspecified atom stereocenters. The molecule has 1 heterocycles. The van der Waals surface area contributed by atoms with Crippen LogP contribution >= 0.6 is 12.6 Å². The number of hydrogen-bond acceptors (Lipinski definition) is 6. The molecule has 1 aliphatic heterocycles. The van der Waals surface area contributed by atoms with Gasteiger partial charge in [0, 0.05) is 5.75 Å². The molecule has 0 bridgehead atoms. The summed E-state index contributed by atoms with van der Waals surface area (Å²) in [5.74, 6) is 0.300. The van der Waals surface area contributed by atoms with Crippen LogP contribution < -0.4 is 9.65 Å². The van der Waals surface area contributed by atoms with E-state index in [1.54, 1.807) is 13.8 Å². The van der Waals surface area contributed by atoms with E-state index in [2.05, 4.69) is 16.8 Å². The maximum absolute atomic E-state index is 13.2. The molecule has 2 rings (SSSR count). The highest BCUT2D eigenvalue weighted by Crippen LogP contribution is 2.39. The van der Waals surface area contributed by atoms with Gasteiger partial charge in [-0.25, -0.2) is 0 Å². The summed E-state index contributed by atoms with van der Waals surface area (Å²) in [6, 6.07) is 0. The molecule has 0 saturated carbocycles. The number of hydrogen-bond donors (Lipinski definition) is 1. The molecule has 0 aromatic heterocycles. The van der Waals surface area contributed by atoms with Gasteiger partial charge in [0.15, 0.2) is 5.75 Å². The van der Waals surface area contributed by atoms with Gasteiger partial charge in [-0.05, 0) is 76.2 Å². The average Bonchev–Trinajstić information content (AvgIpc) is 2.62. The summed E-state index contributed by atoms with van der Waals surface area (Å²) < 4.78 is 52.1. The first kappa shape index (κ1) is 20.5. The molecule has 140 valence electrons. The number of benzene rings is 1. The third kappa shape index (κ3) is 3.70. The van der Waals surface area contributed by atoms with Crippen LogP contribution in [-0.2, 0) is 25.6 Å². The predicted octanol–water partition coefficient (Wildman–Crippen LogP) is 2.93. The first-order valence-corrected chi connectivity index (χ1v) is 9.89. The van der Waals surface area contributed by atoms with Gasteiger partial charge in [-0.2, -0.15) is 21.0 Å². The minimum atomic E-state index is -5.15. The van der Waals surface area contributed by atoms with E-state index >= 15 is 0 Å². The average molecular weight is 390 g/mol. The second kappa shape index (κ2) is 6.44. The monoisotopic (exact) mass is 390 g/mol. The van der Waals surface area contributed by atoms with E-state index in [-0.39, 0.29) is 5.75 Å². The molecule has 0 radical (unpaired) electrons. The van der Waals surface area contributed by atoms with Gasteiger partial charge in [0.2, 0.25) is 0 Å². The Labute approximate surface area is 155 Å². The van der Waals surface area contributed by atoms with E-state index < -0.39 is 28.8 Å². The van der Waals surface area contributed by atoms with Crippen molar-refractivity contribution >= 4 is 35.7 Å². The molecular weight excluding hydrogens is 366 g/mol. The fraction of sp³-hybridized carbons (Fsp3) is 0.625. The van der Waals surface area contributed by atoms with Gasteiger partial charge in [0.05, 0.1) is 11.2 Å². The molecule has 25 heavy (non-hydrogen) atoms. The van der Waals surface area contributed by atoms with Crippen molar-refractivity contribution in [2.24, 2.45) is 0 Å². The summed E-state index contributed by atoms with van der Waals surface area (Å²) >= 11 is 4.32. The lowest BCUT2D eigenvalue weighted by Gasteiger charge is -2.32. The first-order valence-electron chi connectivity index (χ1n) is 7.95.